The maximum absolute atomic E-state index is 2.20. The molecule has 0 saturated carbocycles. The molecule has 21 heavy (non-hydrogen) atoms. The highest BCUT2D eigenvalue weighted by atomic mass is 32.2. The predicted octanol–water partition coefficient (Wildman–Crippen LogP) is 6.30. The van der Waals surface area contributed by atoms with E-state index in [0.29, 0.717) is 0 Å². The Morgan fingerprint density at radius 2 is 1.05 bits per heavy atom. The van der Waals surface area contributed by atoms with E-state index in [2.05, 4.69) is 85.8 Å². The molecule has 2 heteroatoms. The van der Waals surface area contributed by atoms with E-state index in [9.17, 15) is 0 Å². The first-order valence-electron chi connectivity index (χ1n) is 6.88. The van der Waals surface area contributed by atoms with Crippen LogP contribution in [0.3, 0.4) is 0 Å². The van der Waals surface area contributed by atoms with Gasteiger partial charge in [-0.3, -0.25) is 0 Å². The Kier molecular flexibility index (Phi) is 4.69. The van der Waals surface area contributed by atoms with E-state index in [1.54, 1.807) is 0 Å². The largest absolute Gasteiger partial charge is 0.0889 e. The van der Waals surface area contributed by atoms with Gasteiger partial charge in [0, 0.05) is 19.6 Å². The minimum absolute atomic E-state index is 1.27. The molecular formula is C19H16S2. The fourth-order valence-corrected chi connectivity index (χ4v) is 4.06. The summed E-state index contributed by atoms with van der Waals surface area (Å²) < 4.78 is 0. The second-order valence-corrected chi connectivity index (χ2v) is 6.93. The highest BCUT2D eigenvalue weighted by Crippen LogP contribution is 2.39. The van der Waals surface area contributed by atoms with Gasteiger partial charge in [-0.05, 0) is 42.8 Å². The quantitative estimate of drug-likeness (QED) is 0.555. The van der Waals surface area contributed by atoms with Crippen LogP contribution >= 0.6 is 23.5 Å². The molecule has 3 aromatic carbocycles. The molecule has 0 bridgehead atoms. The van der Waals surface area contributed by atoms with Crippen LogP contribution < -0.4 is 0 Å². The van der Waals surface area contributed by atoms with Gasteiger partial charge >= 0.3 is 0 Å². The van der Waals surface area contributed by atoms with E-state index >= 15 is 0 Å². The molecule has 0 aromatic heterocycles. The lowest BCUT2D eigenvalue weighted by molar-refractivity contribution is 1.22. The molecule has 0 fully saturated rings. The van der Waals surface area contributed by atoms with Gasteiger partial charge in [-0.1, -0.05) is 72.1 Å². The summed E-state index contributed by atoms with van der Waals surface area (Å²) in [7, 11) is 0. The molecule has 0 atom stereocenters. The Labute approximate surface area is 134 Å². The molecule has 3 aromatic rings. The van der Waals surface area contributed by atoms with E-state index in [-0.39, 0.29) is 0 Å². The van der Waals surface area contributed by atoms with Crippen molar-refractivity contribution in [1.82, 2.24) is 0 Å². The van der Waals surface area contributed by atoms with E-state index in [4.69, 9.17) is 0 Å². The number of hydrogen-bond acceptors (Lipinski definition) is 2. The zero-order valence-electron chi connectivity index (χ0n) is 11.8. The standard InChI is InChI=1S/C19H16S2/c1-15-9-5-6-12-17(15)21-19-14-8-7-13-18(19)20-16-10-3-2-4-11-16/h2-14H,1H3. The molecule has 0 aliphatic carbocycles. The Bertz CT molecular complexity index is 720. The molecule has 3 rings (SSSR count). The van der Waals surface area contributed by atoms with E-state index in [1.807, 2.05) is 23.5 Å². The second-order valence-electron chi connectivity index (χ2n) is 4.73. The highest BCUT2D eigenvalue weighted by molar-refractivity contribution is 8.02. The van der Waals surface area contributed by atoms with Crippen molar-refractivity contribution >= 4 is 23.5 Å². The average Bonchev–Trinajstić information content (AvgIpc) is 2.52. The lowest BCUT2D eigenvalue weighted by Crippen LogP contribution is -1.82. The second kappa shape index (κ2) is 6.88. The van der Waals surface area contributed by atoms with Gasteiger partial charge in [0.05, 0.1) is 0 Å². The molecule has 104 valence electrons. The van der Waals surface area contributed by atoms with E-state index in [1.165, 1.54) is 25.1 Å². The van der Waals surface area contributed by atoms with Crippen molar-refractivity contribution in [2.75, 3.05) is 0 Å². The molecule has 0 saturated heterocycles. The minimum Gasteiger partial charge on any atom is -0.0889 e. The number of rotatable bonds is 4. The van der Waals surface area contributed by atoms with Crippen LogP contribution in [0.5, 0.6) is 0 Å². The zero-order valence-corrected chi connectivity index (χ0v) is 13.5. The monoisotopic (exact) mass is 308 g/mol. The summed E-state index contributed by atoms with van der Waals surface area (Å²) in [5.74, 6) is 0. The molecule has 0 radical (unpaired) electrons. The third-order valence-electron chi connectivity index (χ3n) is 3.13. The summed E-state index contributed by atoms with van der Waals surface area (Å²) >= 11 is 3.66. The minimum atomic E-state index is 1.27. The van der Waals surface area contributed by atoms with Gasteiger partial charge in [-0.15, -0.1) is 0 Å². The maximum Gasteiger partial charge on any atom is 0.0262 e. The van der Waals surface area contributed by atoms with Crippen LogP contribution in [0.2, 0.25) is 0 Å². The number of hydrogen-bond donors (Lipinski definition) is 0. The molecule has 0 nitrogen and oxygen atoms in total. The van der Waals surface area contributed by atoms with E-state index in [0.717, 1.165) is 0 Å². The SMILES string of the molecule is Cc1ccccc1Sc1ccccc1Sc1ccccc1. The van der Waals surface area contributed by atoms with Crippen LogP contribution in [0.4, 0.5) is 0 Å². The molecule has 0 aliphatic rings. The molecule has 0 amide bonds. The topological polar surface area (TPSA) is 0 Å². The maximum atomic E-state index is 2.20. The first-order chi connectivity index (χ1) is 10.3. The Balaban J connectivity index is 1.88. The van der Waals surface area contributed by atoms with Gasteiger partial charge in [-0.2, -0.15) is 0 Å². The van der Waals surface area contributed by atoms with Crippen molar-refractivity contribution < 1.29 is 0 Å². The van der Waals surface area contributed by atoms with Crippen LogP contribution in [-0.4, -0.2) is 0 Å². The lowest BCUT2D eigenvalue weighted by atomic mass is 10.2. The van der Waals surface area contributed by atoms with Gasteiger partial charge in [0.25, 0.3) is 0 Å². The molecule has 0 unspecified atom stereocenters. The lowest BCUT2D eigenvalue weighted by Gasteiger charge is -2.10. The smallest absolute Gasteiger partial charge is 0.0262 e. The van der Waals surface area contributed by atoms with Gasteiger partial charge in [0.2, 0.25) is 0 Å². The highest BCUT2D eigenvalue weighted by Gasteiger charge is 2.07. The molecule has 0 N–H and O–H groups in total. The Hall–Kier alpha value is -1.64. The van der Waals surface area contributed by atoms with Crippen LogP contribution in [0.15, 0.2) is 98.4 Å². The first kappa shape index (κ1) is 14.3. The number of aryl methyl sites for hydroxylation is 1. The van der Waals surface area contributed by atoms with Crippen LogP contribution in [0, 0.1) is 6.92 Å². The Morgan fingerprint density at radius 1 is 0.524 bits per heavy atom. The zero-order chi connectivity index (χ0) is 14.5. The fraction of sp³-hybridized carbons (Fsp3) is 0.0526. The van der Waals surface area contributed by atoms with Crippen LogP contribution in [0.25, 0.3) is 0 Å². The van der Waals surface area contributed by atoms with E-state index < -0.39 is 0 Å². The van der Waals surface area contributed by atoms with Crippen molar-refractivity contribution in [3.63, 3.8) is 0 Å². The van der Waals surface area contributed by atoms with Crippen molar-refractivity contribution in [3.8, 4) is 0 Å². The van der Waals surface area contributed by atoms with Crippen molar-refractivity contribution in [2.24, 2.45) is 0 Å². The Morgan fingerprint density at radius 3 is 1.71 bits per heavy atom. The predicted molar refractivity (Wildman–Crippen MR) is 92.3 cm³/mol. The first-order valence-corrected chi connectivity index (χ1v) is 8.51. The summed E-state index contributed by atoms with van der Waals surface area (Å²) in [5, 5.41) is 0. The molecule has 0 spiro atoms. The van der Waals surface area contributed by atoms with Crippen LogP contribution in [-0.2, 0) is 0 Å². The summed E-state index contributed by atoms with van der Waals surface area (Å²) in [6.07, 6.45) is 0. The molecule has 0 aliphatic heterocycles. The third kappa shape index (κ3) is 3.72. The van der Waals surface area contributed by atoms with Gasteiger partial charge in [-0.25, -0.2) is 0 Å². The summed E-state index contributed by atoms with van der Waals surface area (Å²) in [4.78, 5) is 5.20. The third-order valence-corrected chi connectivity index (χ3v) is 5.60. The normalized spacial score (nSPS) is 10.5. The fourth-order valence-electron chi connectivity index (χ4n) is 2.02. The molecular weight excluding hydrogens is 292 g/mol. The van der Waals surface area contributed by atoms with Crippen molar-refractivity contribution in [1.29, 1.82) is 0 Å². The molecule has 0 heterocycles. The summed E-state index contributed by atoms with van der Waals surface area (Å²) in [6.45, 7) is 2.16. The van der Waals surface area contributed by atoms with Crippen LogP contribution in [0.1, 0.15) is 5.56 Å². The summed E-state index contributed by atoms with van der Waals surface area (Å²) in [5.41, 5.74) is 1.32. The van der Waals surface area contributed by atoms with Crippen molar-refractivity contribution in [3.05, 3.63) is 84.4 Å². The van der Waals surface area contributed by atoms with Gasteiger partial charge < -0.3 is 0 Å². The van der Waals surface area contributed by atoms with Gasteiger partial charge in [0.1, 0.15) is 0 Å². The average molecular weight is 308 g/mol. The van der Waals surface area contributed by atoms with Crippen molar-refractivity contribution in [2.45, 2.75) is 26.5 Å². The summed E-state index contributed by atoms with van der Waals surface area (Å²) in [6, 6.07) is 27.7. The number of benzene rings is 3. The van der Waals surface area contributed by atoms with Gasteiger partial charge in [0.15, 0.2) is 0 Å².